The normalized spacial score (nSPS) is 22.2. The first-order valence-electron chi connectivity index (χ1n) is 11.2. The first-order chi connectivity index (χ1) is 16.2. The molecule has 0 saturated carbocycles. The van der Waals surface area contributed by atoms with Crippen molar-refractivity contribution in [2.75, 3.05) is 37.9 Å². The van der Waals surface area contributed by atoms with Crippen LogP contribution in [0.3, 0.4) is 0 Å². The Morgan fingerprint density at radius 3 is 2.59 bits per heavy atom. The Kier molecular flexibility index (Phi) is 5.81. The van der Waals surface area contributed by atoms with Crippen LogP contribution < -0.4 is 14.4 Å². The number of halogens is 3. The van der Waals surface area contributed by atoms with E-state index in [2.05, 4.69) is 4.90 Å². The Morgan fingerprint density at radius 2 is 1.82 bits per heavy atom. The van der Waals surface area contributed by atoms with Crippen LogP contribution in [-0.2, 0) is 16.5 Å². The summed E-state index contributed by atoms with van der Waals surface area (Å²) in [7, 11) is 0. The topological polar surface area (TPSA) is 71.5 Å². The van der Waals surface area contributed by atoms with Gasteiger partial charge in [-0.05, 0) is 55.2 Å². The van der Waals surface area contributed by atoms with Gasteiger partial charge in [-0.25, -0.2) is 4.79 Å². The van der Waals surface area contributed by atoms with Gasteiger partial charge in [-0.3, -0.25) is 4.90 Å². The van der Waals surface area contributed by atoms with Crippen molar-refractivity contribution in [2.24, 2.45) is 0 Å². The number of rotatable bonds is 5. The quantitative estimate of drug-likeness (QED) is 0.697. The number of ether oxygens (including phenoxy) is 3. The van der Waals surface area contributed by atoms with Gasteiger partial charge in [0.25, 0.3) is 0 Å². The van der Waals surface area contributed by atoms with Crippen molar-refractivity contribution in [3.8, 4) is 11.5 Å². The van der Waals surface area contributed by atoms with Gasteiger partial charge >= 0.3 is 12.3 Å². The third-order valence-electron chi connectivity index (χ3n) is 6.72. The van der Waals surface area contributed by atoms with E-state index in [1.807, 2.05) is 18.2 Å². The number of anilines is 1. The van der Waals surface area contributed by atoms with Crippen molar-refractivity contribution in [1.82, 2.24) is 4.90 Å². The molecule has 1 amide bonds. The van der Waals surface area contributed by atoms with E-state index < -0.39 is 29.5 Å². The molecule has 3 aliphatic rings. The summed E-state index contributed by atoms with van der Waals surface area (Å²) in [5.74, 6) is 1.32. The van der Waals surface area contributed by atoms with Gasteiger partial charge in [0.05, 0.1) is 17.7 Å². The zero-order valence-electron chi connectivity index (χ0n) is 18.4. The molecule has 0 bridgehead atoms. The summed E-state index contributed by atoms with van der Waals surface area (Å²) in [6.45, 7) is 2.38. The van der Waals surface area contributed by atoms with E-state index in [1.54, 1.807) is 0 Å². The molecule has 0 spiro atoms. The zero-order valence-corrected chi connectivity index (χ0v) is 18.4. The lowest BCUT2D eigenvalue weighted by molar-refractivity contribution is -0.137. The minimum atomic E-state index is -4.48. The van der Waals surface area contributed by atoms with E-state index in [9.17, 15) is 23.1 Å². The predicted molar refractivity (Wildman–Crippen MR) is 116 cm³/mol. The van der Waals surface area contributed by atoms with E-state index in [0.717, 1.165) is 17.7 Å². The standard InChI is InChI=1S/C24H25F3N2O5/c25-24(26,27)17-2-1-3-18(12-17)29-14-19(34-22(29)30)6-9-28-10-7-23(31,8-11-28)16-4-5-20-21(13-16)33-15-32-20/h1-5,12-13,19,31H,6-11,14-15H2. The van der Waals surface area contributed by atoms with Crippen molar-refractivity contribution >= 4 is 11.8 Å². The summed E-state index contributed by atoms with van der Waals surface area (Å²) in [5, 5.41) is 11.2. The Bertz CT molecular complexity index is 1070. The molecule has 2 aromatic carbocycles. The molecule has 34 heavy (non-hydrogen) atoms. The largest absolute Gasteiger partial charge is 0.454 e. The van der Waals surface area contributed by atoms with E-state index in [4.69, 9.17) is 14.2 Å². The van der Waals surface area contributed by atoms with E-state index in [-0.39, 0.29) is 19.0 Å². The fourth-order valence-electron chi connectivity index (χ4n) is 4.68. The van der Waals surface area contributed by atoms with Crippen molar-refractivity contribution in [2.45, 2.75) is 37.1 Å². The maximum Gasteiger partial charge on any atom is 0.416 e. The van der Waals surface area contributed by atoms with E-state index in [1.165, 1.54) is 17.0 Å². The van der Waals surface area contributed by atoms with Crippen molar-refractivity contribution in [3.05, 3.63) is 53.6 Å². The Hall–Kier alpha value is -2.98. The van der Waals surface area contributed by atoms with Crippen LogP contribution in [0.5, 0.6) is 11.5 Å². The van der Waals surface area contributed by atoms with E-state index in [0.29, 0.717) is 50.4 Å². The first-order valence-corrected chi connectivity index (χ1v) is 11.2. The zero-order chi connectivity index (χ0) is 23.9. The van der Waals surface area contributed by atoms with Crippen molar-refractivity contribution in [3.63, 3.8) is 0 Å². The van der Waals surface area contributed by atoms with Gasteiger partial charge in [-0.2, -0.15) is 13.2 Å². The highest BCUT2D eigenvalue weighted by atomic mass is 19.4. The number of nitrogens with zero attached hydrogens (tertiary/aromatic N) is 2. The number of cyclic esters (lactones) is 1. The molecular formula is C24H25F3N2O5. The second-order valence-corrected chi connectivity index (χ2v) is 8.89. The summed E-state index contributed by atoms with van der Waals surface area (Å²) in [5.41, 5.74) is -0.770. The molecule has 3 heterocycles. The van der Waals surface area contributed by atoms with E-state index >= 15 is 0 Å². The number of fused-ring (bicyclic) bond motifs is 1. The molecule has 2 saturated heterocycles. The highest BCUT2D eigenvalue weighted by Gasteiger charge is 2.37. The fraction of sp³-hybridized carbons (Fsp3) is 0.458. The SMILES string of the molecule is O=C1OC(CCN2CCC(O)(c3ccc4c(c3)OCO4)CC2)CN1c1cccc(C(F)(F)F)c1. The summed E-state index contributed by atoms with van der Waals surface area (Å²) in [6, 6.07) is 10.2. The molecule has 2 aromatic rings. The Morgan fingerprint density at radius 1 is 1.06 bits per heavy atom. The molecule has 1 atom stereocenters. The maximum atomic E-state index is 13.0. The summed E-state index contributed by atoms with van der Waals surface area (Å²) >= 11 is 0. The third kappa shape index (κ3) is 4.52. The van der Waals surface area contributed by atoms with Crippen LogP contribution in [0.25, 0.3) is 0 Å². The summed E-state index contributed by atoms with van der Waals surface area (Å²) in [4.78, 5) is 15.7. The number of likely N-dealkylation sites (tertiary alicyclic amines) is 1. The number of amides is 1. The number of hydrogen-bond donors (Lipinski definition) is 1. The lowest BCUT2D eigenvalue weighted by atomic mass is 9.84. The van der Waals surface area contributed by atoms with Crippen LogP contribution in [0.4, 0.5) is 23.7 Å². The number of carbonyl (C=O) groups is 1. The predicted octanol–water partition coefficient (Wildman–Crippen LogP) is 4.13. The lowest BCUT2D eigenvalue weighted by Crippen LogP contribution is -2.43. The number of hydrogen-bond acceptors (Lipinski definition) is 6. The fourth-order valence-corrected chi connectivity index (χ4v) is 4.68. The van der Waals surface area contributed by atoms with Gasteiger partial charge in [-0.15, -0.1) is 0 Å². The molecule has 5 rings (SSSR count). The molecule has 10 heteroatoms. The number of alkyl halides is 3. The van der Waals surface area contributed by atoms with Gasteiger partial charge in [0, 0.05) is 25.3 Å². The number of carbonyl (C=O) groups excluding carboxylic acids is 1. The smallest absolute Gasteiger partial charge is 0.416 e. The van der Waals surface area contributed by atoms with Crippen LogP contribution in [0.2, 0.25) is 0 Å². The maximum absolute atomic E-state index is 13.0. The molecule has 0 radical (unpaired) electrons. The molecule has 1 N–H and O–H groups in total. The average Bonchev–Trinajstić information content (AvgIpc) is 3.44. The molecule has 0 aliphatic carbocycles. The molecule has 0 aromatic heterocycles. The number of piperidine rings is 1. The molecule has 1 unspecified atom stereocenters. The Labute approximate surface area is 194 Å². The van der Waals surface area contributed by atoms with Crippen molar-refractivity contribution in [1.29, 1.82) is 0 Å². The summed E-state index contributed by atoms with van der Waals surface area (Å²) in [6.07, 6.45) is -3.86. The van der Waals surface area contributed by atoms with Crippen LogP contribution >= 0.6 is 0 Å². The average molecular weight is 478 g/mol. The van der Waals surface area contributed by atoms with Gasteiger partial charge in [-0.1, -0.05) is 12.1 Å². The minimum Gasteiger partial charge on any atom is -0.454 e. The highest BCUT2D eigenvalue weighted by Crippen LogP contribution is 2.40. The molecule has 3 aliphatic heterocycles. The first kappa shape index (κ1) is 22.8. The van der Waals surface area contributed by atoms with Crippen LogP contribution in [0.1, 0.15) is 30.4 Å². The molecule has 7 nitrogen and oxygen atoms in total. The van der Waals surface area contributed by atoms with Gasteiger partial charge < -0.3 is 24.2 Å². The lowest BCUT2D eigenvalue weighted by Gasteiger charge is -2.38. The Balaban J connectivity index is 1.14. The molecular weight excluding hydrogens is 453 g/mol. The number of benzene rings is 2. The highest BCUT2D eigenvalue weighted by molar-refractivity contribution is 5.89. The second-order valence-electron chi connectivity index (χ2n) is 8.89. The third-order valence-corrected chi connectivity index (χ3v) is 6.72. The van der Waals surface area contributed by atoms with Gasteiger partial charge in [0.15, 0.2) is 11.5 Å². The molecule has 182 valence electrons. The van der Waals surface area contributed by atoms with Crippen LogP contribution in [0, 0.1) is 0 Å². The van der Waals surface area contributed by atoms with Crippen LogP contribution in [-0.4, -0.2) is 55.2 Å². The summed E-state index contributed by atoms with van der Waals surface area (Å²) < 4.78 is 55.2. The number of aliphatic hydroxyl groups is 1. The molecule has 2 fully saturated rings. The van der Waals surface area contributed by atoms with Crippen LogP contribution in [0.15, 0.2) is 42.5 Å². The van der Waals surface area contributed by atoms with Gasteiger partial charge in [0.1, 0.15) is 6.10 Å². The monoisotopic (exact) mass is 478 g/mol. The second kappa shape index (κ2) is 8.66. The minimum absolute atomic E-state index is 0.175. The van der Waals surface area contributed by atoms with Crippen molar-refractivity contribution < 1.29 is 37.3 Å². The van der Waals surface area contributed by atoms with Gasteiger partial charge in [0.2, 0.25) is 6.79 Å².